The molecule has 31 heavy (non-hydrogen) atoms. The number of hydrogen-bond donors (Lipinski definition) is 0. The van der Waals surface area contributed by atoms with Crippen LogP contribution in [0.3, 0.4) is 0 Å². The summed E-state index contributed by atoms with van der Waals surface area (Å²) in [5, 5.41) is 4.30. The molecule has 0 bridgehead atoms. The van der Waals surface area contributed by atoms with Crippen LogP contribution in [0, 0.1) is 5.92 Å². The van der Waals surface area contributed by atoms with Crippen LogP contribution in [0.4, 0.5) is 0 Å². The van der Waals surface area contributed by atoms with Crippen molar-refractivity contribution in [1.82, 2.24) is 0 Å². The highest BCUT2D eigenvalue weighted by atomic mass is 16.7. The lowest BCUT2D eigenvalue weighted by Crippen LogP contribution is -2.54. The fraction of sp³-hybridized carbons (Fsp3) is 0.545. The molecule has 0 spiro atoms. The Labute approximate surface area is 180 Å². The monoisotopic (exact) mass is 433 g/mol. The highest BCUT2D eigenvalue weighted by molar-refractivity contribution is 6.19. The molecule has 1 aliphatic carbocycles. The zero-order valence-corrected chi connectivity index (χ0v) is 18.3. The van der Waals surface area contributed by atoms with E-state index >= 15 is 0 Å². The van der Waals surface area contributed by atoms with Crippen LogP contribution < -0.4 is 9.47 Å². The smallest absolute Gasteiger partial charge is 0.252 e. The summed E-state index contributed by atoms with van der Waals surface area (Å²) >= 11 is 0. The maximum Gasteiger partial charge on any atom is 0.252 e. The van der Waals surface area contributed by atoms with Crippen LogP contribution in [0.5, 0.6) is 11.5 Å². The van der Waals surface area contributed by atoms with Crippen LogP contribution in [0.1, 0.15) is 30.8 Å². The van der Waals surface area contributed by atoms with Gasteiger partial charge in [0.15, 0.2) is 12.4 Å². The van der Waals surface area contributed by atoms with Gasteiger partial charge in [-0.1, -0.05) is 5.16 Å². The Balaban J connectivity index is 1.85. The quantitative estimate of drug-likeness (QED) is 0.499. The van der Waals surface area contributed by atoms with Crippen molar-refractivity contribution in [3.8, 4) is 11.5 Å². The van der Waals surface area contributed by atoms with Crippen molar-refractivity contribution in [3.05, 3.63) is 34.9 Å². The summed E-state index contributed by atoms with van der Waals surface area (Å²) in [7, 11) is 5.99. The molecule has 1 saturated heterocycles. The summed E-state index contributed by atoms with van der Waals surface area (Å²) in [5.74, 6) is -1.53. The summed E-state index contributed by atoms with van der Waals surface area (Å²) in [5.41, 5.74) is 2.24. The first kappa shape index (κ1) is 21.8. The minimum absolute atomic E-state index is 0.298. The van der Waals surface area contributed by atoms with Gasteiger partial charge in [0.05, 0.1) is 33.0 Å². The summed E-state index contributed by atoms with van der Waals surface area (Å²) in [6.07, 6.45) is 1.38. The summed E-state index contributed by atoms with van der Waals surface area (Å²) in [6.45, 7) is 2.87. The normalized spacial score (nSPS) is 25.4. The number of rotatable bonds is 6. The number of benzene rings is 1. The second-order valence-electron chi connectivity index (χ2n) is 7.48. The van der Waals surface area contributed by atoms with Gasteiger partial charge >= 0.3 is 0 Å². The fourth-order valence-electron chi connectivity index (χ4n) is 4.37. The molecule has 1 aromatic rings. The molecule has 0 radical (unpaired) electrons. The number of fused-ring (bicyclic) bond motifs is 1. The SMILES string of the molecule is COc1cc(OC)c(C2=NO[C@@H]3C=C(C)C(OC)(OC)C(=O)[C@H]23)c(C2OCCCO2)c1. The molecular weight excluding hydrogens is 406 g/mol. The van der Waals surface area contributed by atoms with Gasteiger partial charge < -0.3 is 33.3 Å². The van der Waals surface area contributed by atoms with E-state index in [2.05, 4.69) is 5.16 Å². The third kappa shape index (κ3) is 3.41. The molecular formula is C22H27NO8. The topological polar surface area (TPSA) is 94.0 Å². The first-order valence-electron chi connectivity index (χ1n) is 10.1. The summed E-state index contributed by atoms with van der Waals surface area (Å²) in [4.78, 5) is 19.3. The Bertz CT molecular complexity index is 914. The van der Waals surface area contributed by atoms with E-state index in [0.29, 0.717) is 47.1 Å². The number of carbonyl (C=O) groups excluding carboxylic acids is 1. The second-order valence-corrected chi connectivity index (χ2v) is 7.48. The molecule has 0 aromatic heterocycles. The third-order valence-corrected chi connectivity index (χ3v) is 5.91. The number of hydrogen-bond acceptors (Lipinski definition) is 9. The maximum atomic E-state index is 13.6. The number of oxime groups is 1. The van der Waals surface area contributed by atoms with Crippen molar-refractivity contribution in [2.75, 3.05) is 41.7 Å². The Morgan fingerprint density at radius 1 is 1.06 bits per heavy atom. The number of carbonyl (C=O) groups is 1. The molecule has 4 rings (SSSR count). The lowest BCUT2D eigenvalue weighted by molar-refractivity contribution is -0.196. The summed E-state index contributed by atoms with van der Waals surface area (Å²) < 4.78 is 33.9. The molecule has 2 aliphatic heterocycles. The molecule has 168 valence electrons. The molecule has 1 fully saturated rings. The summed E-state index contributed by atoms with van der Waals surface area (Å²) in [6, 6.07) is 3.53. The fourth-order valence-corrected chi connectivity index (χ4v) is 4.37. The molecule has 0 unspecified atom stereocenters. The van der Waals surface area contributed by atoms with Gasteiger partial charge in [-0.3, -0.25) is 4.79 Å². The molecule has 9 nitrogen and oxygen atoms in total. The molecule has 2 atom stereocenters. The van der Waals surface area contributed by atoms with Crippen molar-refractivity contribution in [3.63, 3.8) is 0 Å². The average molecular weight is 433 g/mol. The van der Waals surface area contributed by atoms with Gasteiger partial charge in [-0.15, -0.1) is 0 Å². The van der Waals surface area contributed by atoms with Crippen molar-refractivity contribution in [2.45, 2.75) is 31.5 Å². The average Bonchev–Trinajstić information content (AvgIpc) is 3.22. The zero-order valence-electron chi connectivity index (χ0n) is 18.3. The Morgan fingerprint density at radius 2 is 1.77 bits per heavy atom. The third-order valence-electron chi connectivity index (χ3n) is 5.91. The number of Topliss-reactive ketones (excluding diaryl/α,β-unsaturated/α-hetero) is 1. The van der Waals surface area contributed by atoms with Gasteiger partial charge in [0, 0.05) is 25.8 Å². The van der Waals surface area contributed by atoms with Gasteiger partial charge in [0.2, 0.25) is 5.78 Å². The van der Waals surface area contributed by atoms with E-state index in [1.165, 1.54) is 14.2 Å². The van der Waals surface area contributed by atoms with E-state index in [0.717, 1.165) is 6.42 Å². The van der Waals surface area contributed by atoms with E-state index in [4.69, 9.17) is 33.3 Å². The number of nitrogens with zero attached hydrogens (tertiary/aromatic N) is 1. The largest absolute Gasteiger partial charge is 0.497 e. The highest BCUT2D eigenvalue weighted by Crippen LogP contribution is 2.43. The molecule has 2 heterocycles. The van der Waals surface area contributed by atoms with Crippen LogP contribution in [-0.4, -0.2) is 65.0 Å². The highest BCUT2D eigenvalue weighted by Gasteiger charge is 2.56. The number of methoxy groups -OCH3 is 4. The molecule has 1 aromatic carbocycles. The van der Waals surface area contributed by atoms with Crippen molar-refractivity contribution < 1.29 is 38.1 Å². The first-order chi connectivity index (χ1) is 15.0. The number of ketones is 1. The molecule has 3 aliphatic rings. The van der Waals surface area contributed by atoms with Gasteiger partial charge in [-0.05, 0) is 31.1 Å². The van der Waals surface area contributed by atoms with E-state index in [9.17, 15) is 4.79 Å². The first-order valence-corrected chi connectivity index (χ1v) is 10.1. The Kier molecular flexibility index (Phi) is 6.02. The van der Waals surface area contributed by atoms with E-state index in [-0.39, 0.29) is 5.78 Å². The van der Waals surface area contributed by atoms with Crippen LogP contribution in [0.2, 0.25) is 0 Å². The predicted octanol–water partition coefficient (Wildman–Crippen LogP) is 2.38. The predicted molar refractivity (Wildman–Crippen MR) is 109 cm³/mol. The van der Waals surface area contributed by atoms with Crippen LogP contribution in [-0.2, 0) is 28.6 Å². The lowest BCUT2D eigenvalue weighted by atomic mass is 9.77. The van der Waals surface area contributed by atoms with Crippen LogP contribution >= 0.6 is 0 Å². The Morgan fingerprint density at radius 3 is 2.39 bits per heavy atom. The molecule has 0 saturated carbocycles. The zero-order chi connectivity index (χ0) is 22.2. The molecule has 9 heteroatoms. The van der Waals surface area contributed by atoms with Gasteiger partial charge in [-0.25, -0.2) is 0 Å². The minimum atomic E-state index is -1.51. The minimum Gasteiger partial charge on any atom is -0.497 e. The lowest BCUT2D eigenvalue weighted by Gasteiger charge is -2.37. The van der Waals surface area contributed by atoms with Crippen LogP contribution in [0.25, 0.3) is 0 Å². The Hall–Kier alpha value is -2.46. The van der Waals surface area contributed by atoms with Crippen LogP contribution in [0.15, 0.2) is 28.9 Å². The van der Waals surface area contributed by atoms with Crippen molar-refractivity contribution in [2.24, 2.45) is 11.1 Å². The van der Waals surface area contributed by atoms with Gasteiger partial charge in [-0.2, -0.15) is 0 Å². The second kappa shape index (κ2) is 8.58. The van der Waals surface area contributed by atoms with E-state index < -0.39 is 24.1 Å². The van der Waals surface area contributed by atoms with E-state index in [1.54, 1.807) is 39.4 Å². The molecule has 0 N–H and O–H groups in total. The molecule has 0 amide bonds. The van der Waals surface area contributed by atoms with Crippen molar-refractivity contribution >= 4 is 11.5 Å². The van der Waals surface area contributed by atoms with E-state index in [1.807, 2.05) is 0 Å². The van der Waals surface area contributed by atoms with Gasteiger partial charge in [0.1, 0.15) is 23.1 Å². The standard InChI is InChI=1S/C22H27NO8/c1-12-9-16-18(20(24)22(12,27-4)28-5)19(23-31-16)17-14(21-29-7-6-8-30-21)10-13(25-2)11-15(17)26-3/h9-11,16,18,21H,6-8H2,1-5H3/t16-,18+/m1/s1. The van der Waals surface area contributed by atoms with Gasteiger partial charge in [0.25, 0.3) is 5.79 Å². The number of ether oxygens (including phenoxy) is 6. The maximum absolute atomic E-state index is 13.6. The van der Waals surface area contributed by atoms with Crippen molar-refractivity contribution in [1.29, 1.82) is 0 Å².